The van der Waals surface area contributed by atoms with Gasteiger partial charge >= 0.3 is 0 Å². The number of alkyl halides is 2. The molecule has 2 aromatic rings. The summed E-state index contributed by atoms with van der Waals surface area (Å²) < 4.78 is 27.4. The molecule has 20 heavy (non-hydrogen) atoms. The number of anilines is 1. The van der Waals surface area contributed by atoms with Crippen molar-refractivity contribution >= 4 is 28.5 Å². The second-order valence-electron chi connectivity index (χ2n) is 4.82. The van der Waals surface area contributed by atoms with Crippen molar-refractivity contribution in [1.29, 1.82) is 0 Å². The summed E-state index contributed by atoms with van der Waals surface area (Å²) in [7, 11) is 3.18. The van der Waals surface area contributed by atoms with E-state index in [0.29, 0.717) is 16.7 Å². The van der Waals surface area contributed by atoms with Crippen LogP contribution in [0.1, 0.15) is 5.69 Å². The Balaban J connectivity index is 2.23. The molecule has 6 nitrogen and oxygen atoms in total. The van der Waals surface area contributed by atoms with Crippen molar-refractivity contribution in [1.82, 2.24) is 25.1 Å². The van der Waals surface area contributed by atoms with Gasteiger partial charge in [-0.1, -0.05) is 0 Å². The Hall–Kier alpha value is -1.54. The lowest BCUT2D eigenvalue weighted by molar-refractivity contribution is -0.00805. The maximum absolute atomic E-state index is 13.7. The molecule has 0 aliphatic rings. The summed E-state index contributed by atoms with van der Waals surface area (Å²) in [6.07, 6.45) is 0. The Morgan fingerprint density at radius 3 is 2.70 bits per heavy atom. The lowest BCUT2D eigenvalue weighted by atomic mass is 10.2. The van der Waals surface area contributed by atoms with Crippen molar-refractivity contribution in [3.63, 3.8) is 0 Å². The van der Waals surface area contributed by atoms with E-state index in [1.807, 2.05) is 0 Å². The summed E-state index contributed by atoms with van der Waals surface area (Å²) in [5.74, 6) is -2.63. The quantitative estimate of drug-likeness (QED) is 0.826. The first kappa shape index (κ1) is 14.9. The van der Waals surface area contributed by atoms with Gasteiger partial charge in [-0.2, -0.15) is 15.1 Å². The zero-order valence-electron chi connectivity index (χ0n) is 11.3. The number of nitrogens with one attached hydrogen (secondary N) is 2. The zero-order valence-corrected chi connectivity index (χ0v) is 12.1. The van der Waals surface area contributed by atoms with E-state index in [4.69, 9.17) is 11.6 Å². The van der Waals surface area contributed by atoms with Crippen LogP contribution in [-0.2, 0) is 0 Å². The number of H-pyrrole nitrogens is 1. The van der Waals surface area contributed by atoms with E-state index in [2.05, 4.69) is 25.5 Å². The minimum atomic E-state index is -2.88. The number of aromatic nitrogens is 4. The fourth-order valence-electron chi connectivity index (χ4n) is 1.91. The third-order valence-electron chi connectivity index (χ3n) is 2.64. The predicted octanol–water partition coefficient (Wildman–Crippen LogP) is 1.92. The van der Waals surface area contributed by atoms with E-state index >= 15 is 0 Å². The molecule has 2 N–H and O–H groups in total. The van der Waals surface area contributed by atoms with Crippen LogP contribution in [0.3, 0.4) is 0 Å². The van der Waals surface area contributed by atoms with Crippen LogP contribution in [-0.4, -0.2) is 58.2 Å². The van der Waals surface area contributed by atoms with Crippen LogP contribution in [0.25, 0.3) is 11.0 Å². The first-order valence-corrected chi connectivity index (χ1v) is 6.31. The number of rotatable bonds is 5. The Morgan fingerprint density at radius 2 is 2.05 bits per heavy atom. The highest BCUT2D eigenvalue weighted by atomic mass is 35.5. The molecule has 0 saturated heterocycles. The summed E-state index contributed by atoms with van der Waals surface area (Å²) in [5.41, 5.74) is 1.04. The maximum Gasteiger partial charge on any atom is 0.277 e. The van der Waals surface area contributed by atoms with Gasteiger partial charge in [-0.15, -0.1) is 0 Å². The van der Waals surface area contributed by atoms with Crippen molar-refractivity contribution in [3.05, 3.63) is 11.0 Å². The third-order valence-corrected chi connectivity index (χ3v) is 2.80. The lowest BCUT2D eigenvalue weighted by Gasteiger charge is -2.21. The van der Waals surface area contributed by atoms with Gasteiger partial charge < -0.3 is 10.2 Å². The molecule has 9 heteroatoms. The van der Waals surface area contributed by atoms with Crippen molar-refractivity contribution in [2.75, 3.05) is 32.5 Å². The fourth-order valence-corrected chi connectivity index (χ4v) is 2.08. The smallest absolute Gasteiger partial charge is 0.277 e. The number of hydrogen-bond donors (Lipinski definition) is 2. The van der Waals surface area contributed by atoms with Crippen molar-refractivity contribution in [2.24, 2.45) is 0 Å². The standard InChI is InChI=1S/C11H15ClF2N6/c1-6-7-8(15-4-11(13,14)5-20(2)3)16-10(12)17-9(7)19-18-6/h4-5H2,1-3H3,(H2,15,16,17,18,19). The highest BCUT2D eigenvalue weighted by molar-refractivity contribution is 6.28. The average molecular weight is 305 g/mol. The normalized spacial score (nSPS) is 12.3. The van der Waals surface area contributed by atoms with Crippen molar-refractivity contribution in [3.8, 4) is 0 Å². The molecule has 0 amide bonds. The molecule has 0 atom stereocenters. The number of aryl methyl sites for hydroxylation is 1. The molecule has 0 spiro atoms. The zero-order chi connectivity index (χ0) is 14.9. The van der Waals surface area contributed by atoms with Crippen LogP contribution in [0, 0.1) is 6.92 Å². The van der Waals surface area contributed by atoms with Crippen LogP contribution < -0.4 is 5.32 Å². The average Bonchev–Trinajstić information content (AvgIpc) is 2.66. The Morgan fingerprint density at radius 1 is 1.35 bits per heavy atom. The molecule has 0 radical (unpaired) electrons. The maximum atomic E-state index is 13.7. The molecular formula is C11H15ClF2N6. The van der Waals surface area contributed by atoms with Gasteiger partial charge in [0.15, 0.2) is 5.65 Å². The van der Waals surface area contributed by atoms with E-state index in [-0.39, 0.29) is 17.6 Å². The SMILES string of the molecule is Cc1n[nH]c2nc(Cl)nc(NCC(F)(F)CN(C)C)c12. The number of aromatic amines is 1. The minimum Gasteiger partial charge on any atom is -0.363 e. The van der Waals surface area contributed by atoms with Crippen molar-refractivity contribution < 1.29 is 8.78 Å². The molecule has 0 aromatic carbocycles. The lowest BCUT2D eigenvalue weighted by Crippen LogP contribution is -2.38. The number of fused-ring (bicyclic) bond motifs is 1. The first-order valence-electron chi connectivity index (χ1n) is 5.93. The highest BCUT2D eigenvalue weighted by Gasteiger charge is 2.30. The molecule has 0 bridgehead atoms. The van der Waals surface area contributed by atoms with E-state index in [1.54, 1.807) is 21.0 Å². The molecule has 0 aliphatic carbocycles. The molecule has 2 heterocycles. The van der Waals surface area contributed by atoms with Gasteiger partial charge in [0.05, 0.1) is 24.2 Å². The van der Waals surface area contributed by atoms with Crippen LogP contribution >= 0.6 is 11.6 Å². The monoisotopic (exact) mass is 304 g/mol. The van der Waals surface area contributed by atoms with Gasteiger partial charge in [0.25, 0.3) is 5.92 Å². The molecule has 2 aromatic heterocycles. The fraction of sp³-hybridized carbons (Fsp3) is 0.545. The first-order chi connectivity index (χ1) is 9.28. The molecule has 0 saturated carbocycles. The third kappa shape index (κ3) is 3.31. The molecule has 110 valence electrons. The molecule has 0 fully saturated rings. The Bertz CT molecular complexity index is 612. The topological polar surface area (TPSA) is 69.7 Å². The Kier molecular flexibility index (Phi) is 4.05. The van der Waals surface area contributed by atoms with E-state index in [0.717, 1.165) is 0 Å². The summed E-state index contributed by atoms with van der Waals surface area (Å²) in [5, 5.41) is 9.81. The van der Waals surface area contributed by atoms with Gasteiger partial charge in [-0.25, -0.2) is 8.78 Å². The Labute approximate surface area is 119 Å². The van der Waals surface area contributed by atoms with E-state index in [1.165, 1.54) is 4.90 Å². The predicted molar refractivity (Wildman–Crippen MR) is 73.4 cm³/mol. The molecular weight excluding hydrogens is 290 g/mol. The van der Waals surface area contributed by atoms with E-state index in [9.17, 15) is 8.78 Å². The number of nitrogens with zero attached hydrogens (tertiary/aromatic N) is 4. The molecule has 0 unspecified atom stereocenters. The number of halogens is 3. The minimum absolute atomic E-state index is 0.0282. The van der Waals surface area contributed by atoms with Gasteiger partial charge in [0.1, 0.15) is 5.82 Å². The van der Waals surface area contributed by atoms with Gasteiger partial charge in [0.2, 0.25) is 5.28 Å². The summed E-state index contributed by atoms with van der Waals surface area (Å²) >= 11 is 5.76. The van der Waals surface area contributed by atoms with Crippen LogP contribution in [0.4, 0.5) is 14.6 Å². The second-order valence-corrected chi connectivity index (χ2v) is 5.16. The molecule has 0 aliphatic heterocycles. The van der Waals surface area contributed by atoms with Crippen LogP contribution in [0.15, 0.2) is 0 Å². The van der Waals surface area contributed by atoms with E-state index < -0.39 is 12.5 Å². The van der Waals surface area contributed by atoms with Crippen LogP contribution in [0.5, 0.6) is 0 Å². The summed E-state index contributed by atoms with van der Waals surface area (Å²) in [6, 6.07) is 0. The van der Waals surface area contributed by atoms with Gasteiger partial charge in [0, 0.05) is 0 Å². The summed E-state index contributed by atoms with van der Waals surface area (Å²) in [6.45, 7) is 0.837. The van der Waals surface area contributed by atoms with Crippen LogP contribution in [0.2, 0.25) is 5.28 Å². The second kappa shape index (κ2) is 5.45. The largest absolute Gasteiger partial charge is 0.363 e. The van der Waals surface area contributed by atoms with Crippen molar-refractivity contribution in [2.45, 2.75) is 12.8 Å². The summed E-state index contributed by atoms with van der Waals surface area (Å²) in [4.78, 5) is 9.33. The molecule has 2 rings (SSSR count). The van der Waals surface area contributed by atoms with Gasteiger partial charge in [-0.05, 0) is 32.6 Å². The number of hydrogen-bond acceptors (Lipinski definition) is 5. The highest BCUT2D eigenvalue weighted by Crippen LogP contribution is 2.24. The van der Waals surface area contributed by atoms with Gasteiger partial charge in [-0.3, -0.25) is 5.10 Å².